The van der Waals surface area contributed by atoms with Gasteiger partial charge in [-0.2, -0.15) is 0 Å². The van der Waals surface area contributed by atoms with Gasteiger partial charge in [0.25, 0.3) is 0 Å². The number of rotatable bonds is 6. The van der Waals surface area contributed by atoms with E-state index in [4.69, 9.17) is 14.2 Å². The molecule has 2 aliphatic heterocycles. The molecule has 2 amide bonds. The van der Waals surface area contributed by atoms with Gasteiger partial charge in [0.15, 0.2) is 11.5 Å². The Bertz CT molecular complexity index is 907. The van der Waals surface area contributed by atoms with E-state index in [1.165, 1.54) is 0 Å². The zero-order chi connectivity index (χ0) is 20.9. The number of aryl methyl sites for hydroxylation is 1. The Balaban J connectivity index is 1.32. The Morgan fingerprint density at radius 1 is 1.07 bits per heavy atom. The first-order valence-electron chi connectivity index (χ1n) is 9.99. The molecular formula is C21H26N4O5. The molecule has 1 atom stereocenters. The Labute approximate surface area is 174 Å². The molecule has 1 aromatic heterocycles. The lowest BCUT2D eigenvalue weighted by molar-refractivity contribution is -0.139. The molecule has 2 aliphatic rings. The minimum absolute atomic E-state index is 0.0282. The van der Waals surface area contributed by atoms with E-state index >= 15 is 0 Å². The monoisotopic (exact) mass is 414 g/mol. The Hall–Kier alpha value is -3.04. The van der Waals surface area contributed by atoms with Crippen molar-refractivity contribution in [2.45, 2.75) is 12.6 Å². The largest absolute Gasteiger partial charge is 0.454 e. The summed E-state index contributed by atoms with van der Waals surface area (Å²) in [6.45, 7) is 3.64. The standard InChI is InChI=1S/C21H26N4O5/c1-24-6-2-3-16(24)17(25-7-9-28-10-8-25)13-23-21(27)20(26)22-12-15-4-5-18-19(11-15)30-14-29-18/h2-6,11,17H,7-10,12-14H2,1H3,(H,22,26)(H,23,27). The van der Waals surface area contributed by atoms with Gasteiger partial charge < -0.3 is 29.4 Å². The molecule has 0 saturated carbocycles. The molecule has 9 heteroatoms. The average molecular weight is 414 g/mol. The molecule has 1 saturated heterocycles. The summed E-state index contributed by atoms with van der Waals surface area (Å²) in [6.07, 6.45) is 1.97. The molecule has 0 radical (unpaired) electrons. The fourth-order valence-corrected chi connectivity index (χ4v) is 3.71. The summed E-state index contributed by atoms with van der Waals surface area (Å²) >= 11 is 0. The number of nitrogens with one attached hydrogen (secondary N) is 2. The van der Waals surface area contributed by atoms with E-state index in [-0.39, 0.29) is 19.4 Å². The summed E-state index contributed by atoms with van der Waals surface area (Å²) in [7, 11) is 1.97. The second-order valence-electron chi connectivity index (χ2n) is 7.29. The number of hydrogen-bond acceptors (Lipinski definition) is 6. The number of carbonyl (C=O) groups is 2. The van der Waals surface area contributed by atoms with Gasteiger partial charge in [0, 0.05) is 45.1 Å². The van der Waals surface area contributed by atoms with Gasteiger partial charge in [0.2, 0.25) is 6.79 Å². The van der Waals surface area contributed by atoms with Gasteiger partial charge in [-0.3, -0.25) is 14.5 Å². The molecule has 9 nitrogen and oxygen atoms in total. The van der Waals surface area contributed by atoms with E-state index in [1.54, 1.807) is 12.1 Å². The molecule has 2 N–H and O–H groups in total. The van der Waals surface area contributed by atoms with Crippen molar-refractivity contribution in [2.24, 2.45) is 7.05 Å². The summed E-state index contributed by atoms with van der Waals surface area (Å²) in [4.78, 5) is 26.9. The number of ether oxygens (including phenoxy) is 3. The molecule has 30 heavy (non-hydrogen) atoms. The molecule has 0 spiro atoms. The first-order chi connectivity index (χ1) is 14.6. The van der Waals surface area contributed by atoms with Crippen molar-refractivity contribution in [3.63, 3.8) is 0 Å². The topological polar surface area (TPSA) is 94.1 Å². The number of carbonyl (C=O) groups excluding carboxylic acids is 2. The molecule has 4 rings (SSSR count). The van der Waals surface area contributed by atoms with Crippen LogP contribution < -0.4 is 20.1 Å². The summed E-state index contributed by atoms with van der Waals surface area (Å²) in [5.41, 5.74) is 1.91. The van der Waals surface area contributed by atoms with Crippen LogP contribution in [0.3, 0.4) is 0 Å². The average Bonchev–Trinajstić information content (AvgIpc) is 3.41. The van der Waals surface area contributed by atoms with E-state index in [9.17, 15) is 9.59 Å². The Morgan fingerprint density at radius 2 is 1.83 bits per heavy atom. The van der Waals surface area contributed by atoms with Crippen LogP contribution in [0.15, 0.2) is 36.5 Å². The molecule has 0 aliphatic carbocycles. The van der Waals surface area contributed by atoms with Gasteiger partial charge in [-0.25, -0.2) is 0 Å². The van der Waals surface area contributed by atoms with E-state index < -0.39 is 11.8 Å². The highest BCUT2D eigenvalue weighted by Gasteiger charge is 2.26. The van der Waals surface area contributed by atoms with Crippen LogP contribution in [0.25, 0.3) is 0 Å². The van der Waals surface area contributed by atoms with Gasteiger partial charge in [-0.15, -0.1) is 0 Å². The predicted octanol–water partition coefficient (Wildman–Crippen LogP) is 0.560. The third-order valence-corrected chi connectivity index (χ3v) is 5.36. The summed E-state index contributed by atoms with van der Waals surface area (Å²) in [5, 5.41) is 5.43. The predicted molar refractivity (Wildman–Crippen MR) is 108 cm³/mol. The maximum atomic E-state index is 12.4. The SMILES string of the molecule is Cn1cccc1C(CNC(=O)C(=O)NCc1ccc2c(c1)OCO2)N1CCOCC1. The zero-order valence-corrected chi connectivity index (χ0v) is 16.9. The summed E-state index contributed by atoms with van der Waals surface area (Å²) in [5.74, 6) is 0.00302. The molecule has 1 fully saturated rings. The van der Waals surface area contributed by atoms with Crippen LogP contribution in [0.5, 0.6) is 11.5 Å². The van der Waals surface area contributed by atoms with E-state index in [0.29, 0.717) is 31.3 Å². The van der Waals surface area contributed by atoms with Crippen molar-refractivity contribution in [2.75, 3.05) is 39.6 Å². The fraction of sp³-hybridized carbons (Fsp3) is 0.429. The second kappa shape index (κ2) is 9.19. The van der Waals surface area contributed by atoms with Gasteiger partial charge in [0.05, 0.1) is 19.3 Å². The van der Waals surface area contributed by atoms with Crippen LogP contribution in [0.4, 0.5) is 0 Å². The number of amides is 2. The van der Waals surface area contributed by atoms with Crippen molar-refractivity contribution in [1.29, 1.82) is 0 Å². The third kappa shape index (κ3) is 4.58. The van der Waals surface area contributed by atoms with Crippen LogP contribution in [-0.2, 0) is 27.9 Å². The summed E-state index contributed by atoms with van der Waals surface area (Å²) < 4.78 is 18.1. The van der Waals surface area contributed by atoms with Crippen molar-refractivity contribution in [3.8, 4) is 11.5 Å². The first kappa shape index (κ1) is 20.2. The number of morpholine rings is 1. The highest BCUT2D eigenvalue weighted by molar-refractivity contribution is 6.35. The molecule has 1 aromatic carbocycles. The molecule has 160 valence electrons. The molecular weight excluding hydrogens is 388 g/mol. The van der Waals surface area contributed by atoms with E-state index in [1.807, 2.05) is 36.0 Å². The molecule has 3 heterocycles. The molecule has 2 aromatic rings. The van der Waals surface area contributed by atoms with Crippen molar-refractivity contribution >= 4 is 11.8 Å². The lowest BCUT2D eigenvalue weighted by atomic mass is 10.1. The highest BCUT2D eigenvalue weighted by atomic mass is 16.7. The fourth-order valence-electron chi connectivity index (χ4n) is 3.71. The lowest BCUT2D eigenvalue weighted by Gasteiger charge is -2.34. The van der Waals surface area contributed by atoms with Gasteiger partial charge >= 0.3 is 11.8 Å². The maximum Gasteiger partial charge on any atom is 0.309 e. The van der Waals surface area contributed by atoms with Crippen molar-refractivity contribution in [1.82, 2.24) is 20.1 Å². The van der Waals surface area contributed by atoms with E-state index in [2.05, 4.69) is 15.5 Å². The normalized spacial score (nSPS) is 16.8. The van der Waals surface area contributed by atoms with E-state index in [0.717, 1.165) is 24.3 Å². The maximum absolute atomic E-state index is 12.4. The van der Waals surface area contributed by atoms with Gasteiger partial charge in [-0.1, -0.05) is 6.07 Å². The lowest BCUT2D eigenvalue weighted by Crippen LogP contribution is -2.47. The quantitative estimate of drug-likeness (QED) is 0.671. The number of fused-ring (bicyclic) bond motifs is 1. The minimum Gasteiger partial charge on any atom is -0.454 e. The van der Waals surface area contributed by atoms with Crippen molar-refractivity contribution < 1.29 is 23.8 Å². The number of aromatic nitrogens is 1. The van der Waals surface area contributed by atoms with Crippen molar-refractivity contribution in [3.05, 3.63) is 47.8 Å². The highest BCUT2D eigenvalue weighted by Crippen LogP contribution is 2.32. The van der Waals surface area contributed by atoms with Crippen LogP contribution in [-0.4, -0.2) is 60.9 Å². The van der Waals surface area contributed by atoms with Gasteiger partial charge in [-0.05, 0) is 29.8 Å². The summed E-state index contributed by atoms with van der Waals surface area (Å²) in [6, 6.07) is 9.39. The zero-order valence-electron chi connectivity index (χ0n) is 16.9. The number of hydrogen-bond donors (Lipinski definition) is 2. The molecule has 1 unspecified atom stereocenters. The van der Waals surface area contributed by atoms with Crippen LogP contribution in [0.2, 0.25) is 0 Å². The smallest absolute Gasteiger partial charge is 0.309 e. The van der Waals surface area contributed by atoms with Gasteiger partial charge in [0.1, 0.15) is 0 Å². The Kier molecular flexibility index (Phi) is 6.20. The third-order valence-electron chi connectivity index (χ3n) is 5.36. The minimum atomic E-state index is -0.666. The van der Waals surface area contributed by atoms with Crippen LogP contribution >= 0.6 is 0 Å². The second-order valence-corrected chi connectivity index (χ2v) is 7.29. The van der Waals surface area contributed by atoms with Crippen LogP contribution in [0, 0.1) is 0 Å². The molecule has 0 bridgehead atoms. The van der Waals surface area contributed by atoms with Crippen LogP contribution in [0.1, 0.15) is 17.3 Å². The number of benzene rings is 1. The Morgan fingerprint density at radius 3 is 2.60 bits per heavy atom. The number of nitrogens with zero attached hydrogens (tertiary/aromatic N) is 2. The first-order valence-corrected chi connectivity index (χ1v) is 9.99.